The average molecular weight is 303 g/mol. The zero-order valence-corrected chi connectivity index (χ0v) is 14.2. The average Bonchev–Trinajstić information content (AvgIpc) is 2.92. The van der Waals surface area contributed by atoms with Crippen molar-refractivity contribution in [2.75, 3.05) is 0 Å². The molecule has 0 radical (unpaired) electrons. The van der Waals surface area contributed by atoms with Crippen molar-refractivity contribution in [3.05, 3.63) is 48.0 Å². The van der Waals surface area contributed by atoms with Crippen molar-refractivity contribution in [3.8, 4) is 0 Å². The third kappa shape index (κ3) is 4.90. The van der Waals surface area contributed by atoms with E-state index >= 15 is 0 Å². The van der Waals surface area contributed by atoms with Gasteiger partial charge >= 0.3 is 0 Å². The van der Waals surface area contributed by atoms with Gasteiger partial charge in [-0.25, -0.2) is 4.98 Å². The number of nitrogens with zero attached hydrogens (tertiary/aromatic N) is 2. The molecule has 1 heterocycles. The number of imidazole rings is 1. The maximum atomic E-state index is 4.26. The van der Waals surface area contributed by atoms with E-state index in [4.69, 9.17) is 0 Å². The first-order valence-corrected chi connectivity index (χ1v) is 8.50. The quantitative estimate of drug-likeness (QED) is 0.775. The molecule has 0 aliphatic rings. The van der Waals surface area contributed by atoms with Crippen LogP contribution in [0.1, 0.15) is 45.0 Å². The number of rotatable bonds is 7. The highest BCUT2D eigenvalue weighted by atomic mass is 32.2. The predicted octanol–water partition coefficient (Wildman–Crippen LogP) is 4.25. The SMILES string of the molecule is CC(C)NCc1cccc(SCc2cncn2C(C)C)c1. The van der Waals surface area contributed by atoms with Gasteiger partial charge in [0.1, 0.15) is 0 Å². The molecule has 2 aromatic rings. The van der Waals surface area contributed by atoms with Crippen LogP contribution in [-0.2, 0) is 12.3 Å². The Bertz CT molecular complexity index is 561. The minimum atomic E-state index is 0.463. The van der Waals surface area contributed by atoms with E-state index in [0.717, 1.165) is 12.3 Å². The molecule has 0 atom stereocenters. The molecule has 1 aromatic carbocycles. The van der Waals surface area contributed by atoms with Gasteiger partial charge < -0.3 is 9.88 Å². The Labute approximate surface area is 132 Å². The summed E-state index contributed by atoms with van der Waals surface area (Å²) >= 11 is 1.87. The van der Waals surface area contributed by atoms with Crippen LogP contribution in [0.4, 0.5) is 0 Å². The molecule has 4 heteroatoms. The maximum absolute atomic E-state index is 4.26. The van der Waals surface area contributed by atoms with E-state index < -0.39 is 0 Å². The van der Waals surface area contributed by atoms with Gasteiger partial charge in [-0.15, -0.1) is 11.8 Å². The number of hydrogen-bond donors (Lipinski definition) is 1. The lowest BCUT2D eigenvalue weighted by atomic mass is 10.2. The molecule has 3 nitrogen and oxygen atoms in total. The molecule has 0 bridgehead atoms. The molecule has 21 heavy (non-hydrogen) atoms. The highest BCUT2D eigenvalue weighted by molar-refractivity contribution is 7.98. The van der Waals surface area contributed by atoms with Gasteiger partial charge in [0.25, 0.3) is 0 Å². The predicted molar refractivity (Wildman–Crippen MR) is 90.6 cm³/mol. The van der Waals surface area contributed by atoms with Crippen LogP contribution in [-0.4, -0.2) is 15.6 Å². The van der Waals surface area contributed by atoms with Crippen molar-refractivity contribution in [1.82, 2.24) is 14.9 Å². The Balaban J connectivity index is 1.96. The van der Waals surface area contributed by atoms with Crippen LogP contribution in [0.15, 0.2) is 41.7 Å². The first-order valence-electron chi connectivity index (χ1n) is 7.52. The molecule has 0 unspecified atom stereocenters. The second-order valence-corrected chi connectivity index (χ2v) is 6.91. The summed E-state index contributed by atoms with van der Waals surface area (Å²) in [6.07, 6.45) is 3.89. The topological polar surface area (TPSA) is 29.9 Å². The standard InChI is InChI=1S/C17H25N3S/c1-13(2)19-9-15-6-5-7-17(8-15)21-11-16-10-18-12-20(16)14(3)4/h5-8,10,12-14,19H,9,11H2,1-4H3. The van der Waals surface area contributed by atoms with Crippen molar-refractivity contribution >= 4 is 11.8 Å². The fourth-order valence-corrected chi connectivity index (χ4v) is 3.08. The Hall–Kier alpha value is -1.26. The van der Waals surface area contributed by atoms with Gasteiger partial charge in [0.2, 0.25) is 0 Å². The monoisotopic (exact) mass is 303 g/mol. The van der Waals surface area contributed by atoms with E-state index in [2.05, 4.69) is 66.8 Å². The Morgan fingerprint density at radius 3 is 2.76 bits per heavy atom. The van der Waals surface area contributed by atoms with E-state index in [1.807, 2.05) is 24.3 Å². The zero-order valence-electron chi connectivity index (χ0n) is 13.3. The Kier molecular flexibility index (Phi) is 5.88. The second kappa shape index (κ2) is 7.66. The van der Waals surface area contributed by atoms with Crippen LogP contribution in [0.2, 0.25) is 0 Å². The molecule has 0 amide bonds. The van der Waals surface area contributed by atoms with Crippen LogP contribution in [0.5, 0.6) is 0 Å². The van der Waals surface area contributed by atoms with Crippen molar-refractivity contribution in [1.29, 1.82) is 0 Å². The van der Waals surface area contributed by atoms with E-state index in [0.29, 0.717) is 12.1 Å². The van der Waals surface area contributed by atoms with Gasteiger partial charge in [-0.05, 0) is 31.5 Å². The molecular weight excluding hydrogens is 278 g/mol. The van der Waals surface area contributed by atoms with Crippen LogP contribution < -0.4 is 5.32 Å². The molecule has 114 valence electrons. The van der Waals surface area contributed by atoms with Gasteiger partial charge in [-0.1, -0.05) is 26.0 Å². The molecular formula is C17H25N3S. The highest BCUT2D eigenvalue weighted by Gasteiger charge is 2.06. The third-order valence-corrected chi connectivity index (χ3v) is 4.33. The number of hydrogen-bond acceptors (Lipinski definition) is 3. The van der Waals surface area contributed by atoms with Crippen molar-refractivity contribution in [2.45, 2.75) is 57.0 Å². The summed E-state index contributed by atoms with van der Waals surface area (Å²) < 4.78 is 2.23. The maximum Gasteiger partial charge on any atom is 0.0950 e. The number of benzene rings is 1. The first kappa shape index (κ1) is 16.1. The Morgan fingerprint density at radius 1 is 1.24 bits per heavy atom. The first-order chi connectivity index (χ1) is 10.1. The summed E-state index contributed by atoms with van der Waals surface area (Å²) in [6, 6.07) is 9.75. The molecule has 0 aliphatic carbocycles. The van der Waals surface area contributed by atoms with Crippen molar-refractivity contribution in [3.63, 3.8) is 0 Å². The van der Waals surface area contributed by atoms with E-state index in [1.54, 1.807) is 0 Å². The summed E-state index contributed by atoms with van der Waals surface area (Å²) in [4.78, 5) is 5.58. The normalized spacial score (nSPS) is 11.5. The zero-order chi connectivity index (χ0) is 15.2. The van der Waals surface area contributed by atoms with Gasteiger partial charge in [0.05, 0.1) is 6.33 Å². The van der Waals surface area contributed by atoms with Gasteiger partial charge in [0, 0.05) is 41.2 Å². The van der Waals surface area contributed by atoms with Gasteiger partial charge in [0.15, 0.2) is 0 Å². The lowest BCUT2D eigenvalue weighted by Gasteiger charge is -2.12. The van der Waals surface area contributed by atoms with E-state index in [1.165, 1.54) is 16.2 Å². The number of thioether (sulfide) groups is 1. The molecule has 0 aliphatic heterocycles. The molecule has 0 spiro atoms. The molecule has 0 saturated heterocycles. The fraction of sp³-hybridized carbons (Fsp3) is 0.471. The van der Waals surface area contributed by atoms with Crippen LogP contribution in [0.25, 0.3) is 0 Å². The number of aromatic nitrogens is 2. The van der Waals surface area contributed by atoms with E-state index in [9.17, 15) is 0 Å². The fourth-order valence-electron chi connectivity index (χ4n) is 2.13. The van der Waals surface area contributed by atoms with E-state index in [-0.39, 0.29) is 0 Å². The summed E-state index contributed by atoms with van der Waals surface area (Å²) in [7, 11) is 0. The van der Waals surface area contributed by atoms with Gasteiger partial charge in [-0.2, -0.15) is 0 Å². The minimum absolute atomic E-state index is 0.463. The van der Waals surface area contributed by atoms with Gasteiger partial charge in [-0.3, -0.25) is 0 Å². The second-order valence-electron chi connectivity index (χ2n) is 5.86. The molecule has 2 rings (SSSR count). The van der Waals surface area contributed by atoms with Crippen LogP contribution in [0.3, 0.4) is 0 Å². The molecule has 0 fully saturated rings. The lowest BCUT2D eigenvalue weighted by molar-refractivity contribution is 0.584. The lowest BCUT2D eigenvalue weighted by Crippen LogP contribution is -2.21. The summed E-state index contributed by atoms with van der Waals surface area (Å²) in [5.74, 6) is 0.958. The molecule has 1 N–H and O–H groups in total. The van der Waals surface area contributed by atoms with Crippen LogP contribution >= 0.6 is 11.8 Å². The smallest absolute Gasteiger partial charge is 0.0950 e. The number of nitrogens with one attached hydrogen (secondary N) is 1. The molecule has 1 aromatic heterocycles. The van der Waals surface area contributed by atoms with Crippen molar-refractivity contribution < 1.29 is 0 Å². The molecule has 0 saturated carbocycles. The highest BCUT2D eigenvalue weighted by Crippen LogP contribution is 2.24. The summed E-state index contributed by atoms with van der Waals surface area (Å²) in [5.41, 5.74) is 2.62. The summed E-state index contributed by atoms with van der Waals surface area (Å²) in [6.45, 7) is 9.65. The minimum Gasteiger partial charge on any atom is -0.331 e. The van der Waals surface area contributed by atoms with Crippen LogP contribution in [0, 0.1) is 0 Å². The van der Waals surface area contributed by atoms with Crippen molar-refractivity contribution in [2.24, 2.45) is 0 Å². The summed E-state index contributed by atoms with van der Waals surface area (Å²) in [5, 5.41) is 3.46. The largest absolute Gasteiger partial charge is 0.331 e. The third-order valence-electron chi connectivity index (χ3n) is 3.30. The Morgan fingerprint density at radius 2 is 2.05 bits per heavy atom.